The molecule has 1 saturated heterocycles. The number of halogens is 2. The van der Waals surface area contributed by atoms with Crippen LogP contribution in [0.25, 0.3) is 0 Å². The maximum absolute atomic E-state index is 14.1. The van der Waals surface area contributed by atoms with Gasteiger partial charge in [0.15, 0.2) is 0 Å². The molecule has 3 rings (SSSR count). The van der Waals surface area contributed by atoms with Crippen LogP contribution < -0.4 is 4.74 Å². The van der Waals surface area contributed by atoms with Crippen LogP contribution in [0.1, 0.15) is 15.9 Å². The van der Waals surface area contributed by atoms with Gasteiger partial charge < -0.3 is 19.3 Å². The van der Waals surface area contributed by atoms with Gasteiger partial charge in [0.2, 0.25) is 5.91 Å². The molecule has 1 aliphatic rings. The maximum atomic E-state index is 14.1. The van der Waals surface area contributed by atoms with E-state index in [1.165, 1.54) is 24.1 Å². The van der Waals surface area contributed by atoms with Gasteiger partial charge in [-0.05, 0) is 35.9 Å². The van der Waals surface area contributed by atoms with Crippen LogP contribution in [0.15, 0.2) is 42.5 Å². The van der Waals surface area contributed by atoms with E-state index < -0.39 is 17.8 Å². The van der Waals surface area contributed by atoms with Gasteiger partial charge in [0.05, 0.1) is 18.8 Å². The summed E-state index contributed by atoms with van der Waals surface area (Å²) in [6, 6.07) is 11.2. The summed E-state index contributed by atoms with van der Waals surface area (Å²) >= 11 is 5.91. The van der Waals surface area contributed by atoms with Crippen molar-refractivity contribution in [2.75, 3.05) is 33.9 Å². The molecule has 0 radical (unpaired) electrons. The Hall–Kier alpha value is -2.64. The van der Waals surface area contributed by atoms with E-state index in [1.807, 2.05) is 24.3 Å². The van der Waals surface area contributed by atoms with Crippen LogP contribution in [-0.2, 0) is 16.1 Å². The summed E-state index contributed by atoms with van der Waals surface area (Å²) in [5, 5.41) is 0.250. The minimum atomic E-state index is -0.680. The molecule has 2 aromatic rings. The summed E-state index contributed by atoms with van der Waals surface area (Å²) in [7, 11) is 3.11. The van der Waals surface area contributed by atoms with Crippen molar-refractivity contribution in [3.8, 4) is 5.75 Å². The van der Waals surface area contributed by atoms with Crippen molar-refractivity contribution in [1.29, 1.82) is 0 Å². The molecule has 29 heavy (non-hydrogen) atoms. The Morgan fingerprint density at radius 1 is 1.17 bits per heavy atom. The normalized spacial score (nSPS) is 17.2. The van der Waals surface area contributed by atoms with Crippen molar-refractivity contribution >= 4 is 23.4 Å². The lowest BCUT2D eigenvalue weighted by Gasteiger charge is -2.23. The summed E-state index contributed by atoms with van der Waals surface area (Å²) in [6.07, 6.45) is -0.397. The number of hydrogen-bond donors (Lipinski definition) is 0. The third kappa shape index (κ3) is 5.05. The second-order valence-electron chi connectivity index (χ2n) is 6.79. The van der Waals surface area contributed by atoms with Crippen LogP contribution in [0.5, 0.6) is 5.75 Å². The molecule has 0 N–H and O–H groups in total. The monoisotopic (exact) mass is 420 g/mol. The van der Waals surface area contributed by atoms with Gasteiger partial charge in [-0.25, -0.2) is 4.39 Å². The number of hydrogen-bond acceptors (Lipinski definition) is 4. The van der Waals surface area contributed by atoms with Crippen LogP contribution in [0.3, 0.4) is 0 Å². The van der Waals surface area contributed by atoms with E-state index in [0.717, 1.165) is 17.4 Å². The zero-order valence-electron chi connectivity index (χ0n) is 16.2. The highest BCUT2D eigenvalue weighted by molar-refractivity contribution is 6.31. The number of carbonyl (C=O) groups excluding carboxylic acids is 2. The molecule has 2 aromatic carbocycles. The standard InChI is InChI=1S/C21H22ClFN2O4/c1-28-16-6-3-14(4-7-16)10-24-11-17(29-2)12-25(13-20(24)26)21(27)18-9-15(22)5-8-19(18)23/h3-9,17H,10-13H2,1-2H3/t17-/m0/s1. The molecule has 154 valence electrons. The quantitative estimate of drug-likeness (QED) is 0.746. The molecule has 0 unspecified atom stereocenters. The third-order valence-electron chi connectivity index (χ3n) is 4.84. The van der Waals surface area contributed by atoms with Gasteiger partial charge in [0.1, 0.15) is 18.1 Å². The number of amides is 2. The summed E-state index contributed by atoms with van der Waals surface area (Å²) in [6.45, 7) is 0.701. The van der Waals surface area contributed by atoms with E-state index in [9.17, 15) is 14.0 Å². The van der Waals surface area contributed by atoms with E-state index in [4.69, 9.17) is 21.1 Å². The number of nitrogens with zero attached hydrogens (tertiary/aromatic N) is 2. The Balaban J connectivity index is 1.78. The van der Waals surface area contributed by atoms with Crippen LogP contribution in [0.4, 0.5) is 4.39 Å². The fourth-order valence-corrected chi connectivity index (χ4v) is 3.39. The number of ether oxygens (including phenoxy) is 2. The SMILES string of the molecule is COc1ccc(CN2C[C@H](OC)CN(C(=O)c3cc(Cl)ccc3F)CC2=O)cc1. The van der Waals surface area contributed by atoms with E-state index >= 15 is 0 Å². The lowest BCUT2D eigenvalue weighted by Crippen LogP contribution is -2.40. The molecule has 1 heterocycles. The zero-order valence-corrected chi connectivity index (χ0v) is 17.0. The third-order valence-corrected chi connectivity index (χ3v) is 5.07. The van der Waals surface area contributed by atoms with Crippen LogP contribution in [-0.4, -0.2) is 61.6 Å². The highest BCUT2D eigenvalue weighted by atomic mass is 35.5. The average Bonchev–Trinajstić information content (AvgIpc) is 2.88. The van der Waals surface area contributed by atoms with E-state index in [1.54, 1.807) is 12.0 Å². The van der Waals surface area contributed by atoms with E-state index in [2.05, 4.69) is 0 Å². The van der Waals surface area contributed by atoms with Crippen molar-refractivity contribution in [3.05, 3.63) is 64.4 Å². The topological polar surface area (TPSA) is 59.1 Å². The Morgan fingerprint density at radius 2 is 1.90 bits per heavy atom. The molecule has 0 aromatic heterocycles. The van der Waals surface area contributed by atoms with E-state index in [0.29, 0.717) is 13.1 Å². The fourth-order valence-electron chi connectivity index (χ4n) is 3.22. The van der Waals surface area contributed by atoms with Crippen molar-refractivity contribution in [1.82, 2.24) is 9.80 Å². The van der Waals surface area contributed by atoms with Gasteiger partial charge in [-0.15, -0.1) is 0 Å². The van der Waals surface area contributed by atoms with Crippen molar-refractivity contribution < 1.29 is 23.5 Å². The lowest BCUT2D eigenvalue weighted by atomic mass is 10.1. The average molecular weight is 421 g/mol. The van der Waals surface area contributed by atoms with Gasteiger partial charge in [-0.2, -0.15) is 0 Å². The van der Waals surface area contributed by atoms with Crippen molar-refractivity contribution in [2.45, 2.75) is 12.6 Å². The molecular weight excluding hydrogens is 399 g/mol. The summed E-state index contributed by atoms with van der Waals surface area (Å²) < 4.78 is 24.8. The molecule has 1 atom stereocenters. The van der Waals surface area contributed by atoms with Gasteiger partial charge in [0.25, 0.3) is 5.91 Å². The van der Waals surface area contributed by atoms with Crippen molar-refractivity contribution in [2.24, 2.45) is 0 Å². The van der Waals surface area contributed by atoms with Gasteiger partial charge in [-0.3, -0.25) is 9.59 Å². The van der Waals surface area contributed by atoms with Gasteiger partial charge >= 0.3 is 0 Å². The smallest absolute Gasteiger partial charge is 0.257 e. The Labute approximate surface area is 173 Å². The number of rotatable bonds is 5. The van der Waals surface area contributed by atoms with Crippen LogP contribution in [0.2, 0.25) is 5.02 Å². The predicted octanol–water partition coefficient (Wildman–Crippen LogP) is 2.99. The number of carbonyl (C=O) groups is 2. The highest BCUT2D eigenvalue weighted by Crippen LogP contribution is 2.20. The second kappa shape index (κ2) is 9.24. The molecule has 1 fully saturated rings. The van der Waals surface area contributed by atoms with Gasteiger partial charge in [-0.1, -0.05) is 23.7 Å². The fraction of sp³-hybridized carbons (Fsp3) is 0.333. The second-order valence-corrected chi connectivity index (χ2v) is 7.23. The largest absolute Gasteiger partial charge is 0.497 e. The Morgan fingerprint density at radius 3 is 2.55 bits per heavy atom. The minimum Gasteiger partial charge on any atom is -0.497 e. The van der Waals surface area contributed by atoms with Crippen LogP contribution >= 0.6 is 11.6 Å². The summed E-state index contributed by atoms with van der Waals surface area (Å²) in [4.78, 5) is 28.6. The first kappa shape index (κ1) is 21.1. The first-order valence-electron chi connectivity index (χ1n) is 9.09. The van der Waals surface area contributed by atoms with Crippen molar-refractivity contribution in [3.63, 3.8) is 0 Å². The first-order chi connectivity index (χ1) is 13.9. The van der Waals surface area contributed by atoms with Crippen LogP contribution in [0, 0.1) is 5.82 Å². The predicted molar refractivity (Wildman–Crippen MR) is 107 cm³/mol. The molecule has 0 aliphatic carbocycles. The summed E-state index contributed by atoms with van der Waals surface area (Å²) in [5.41, 5.74) is 0.762. The number of benzene rings is 2. The van der Waals surface area contributed by atoms with E-state index in [-0.39, 0.29) is 29.6 Å². The lowest BCUT2D eigenvalue weighted by molar-refractivity contribution is -0.132. The van der Waals surface area contributed by atoms with Gasteiger partial charge in [0, 0.05) is 31.8 Å². The number of methoxy groups -OCH3 is 2. The molecule has 6 nitrogen and oxygen atoms in total. The molecule has 1 aliphatic heterocycles. The Bertz CT molecular complexity index is 891. The summed E-state index contributed by atoms with van der Waals surface area (Å²) in [5.74, 6) is -0.783. The maximum Gasteiger partial charge on any atom is 0.257 e. The minimum absolute atomic E-state index is 0.163. The molecule has 0 spiro atoms. The zero-order chi connectivity index (χ0) is 21.0. The molecule has 8 heteroatoms. The molecule has 2 amide bonds. The first-order valence-corrected chi connectivity index (χ1v) is 9.47. The Kier molecular flexibility index (Phi) is 6.71. The molecular formula is C21H22ClFN2O4. The molecule has 0 bridgehead atoms. The highest BCUT2D eigenvalue weighted by Gasteiger charge is 2.31. The molecule has 0 saturated carbocycles.